The number of pyridine rings is 1. The number of nitrogens with two attached hydrogens (primary N) is 1. The van der Waals surface area contributed by atoms with E-state index in [9.17, 15) is 4.79 Å². The maximum absolute atomic E-state index is 12.8. The van der Waals surface area contributed by atoms with Crippen molar-refractivity contribution in [2.75, 3.05) is 13.1 Å². The number of fused-ring (bicyclic) bond motifs is 1. The van der Waals surface area contributed by atoms with Crippen molar-refractivity contribution in [1.82, 2.24) is 9.88 Å². The second kappa shape index (κ2) is 6.22. The topological polar surface area (TPSA) is 59.2 Å². The molecule has 2 N–H and O–H groups in total. The highest BCUT2D eigenvalue weighted by Crippen LogP contribution is 2.25. The average Bonchev–Trinajstić information content (AvgIpc) is 3.05. The highest BCUT2D eigenvalue weighted by Gasteiger charge is 2.26. The monoisotopic (exact) mass is 283 g/mol. The highest BCUT2D eigenvalue weighted by molar-refractivity contribution is 5.98. The Morgan fingerprint density at radius 2 is 2.10 bits per heavy atom. The van der Waals surface area contributed by atoms with Crippen molar-refractivity contribution >= 4 is 16.8 Å². The second-order valence-corrected chi connectivity index (χ2v) is 5.64. The summed E-state index contributed by atoms with van der Waals surface area (Å²) in [5.41, 5.74) is 7.35. The first-order chi connectivity index (χ1) is 10.3. The Kier molecular flexibility index (Phi) is 4.15. The van der Waals surface area contributed by atoms with Crippen LogP contribution in [-0.2, 0) is 0 Å². The van der Waals surface area contributed by atoms with E-state index >= 15 is 0 Å². The molecule has 4 nitrogen and oxygen atoms in total. The minimum absolute atomic E-state index is 0.0955. The van der Waals surface area contributed by atoms with Crippen LogP contribution in [0.5, 0.6) is 0 Å². The van der Waals surface area contributed by atoms with Gasteiger partial charge in [-0.2, -0.15) is 0 Å². The van der Waals surface area contributed by atoms with Gasteiger partial charge >= 0.3 is 0 Å². The third-order valence-electron chi connectivity index (χ3n) is 4.25. The van der Waals surface area contributed by atoms with E-state index in [-0.39, 0.29) is 5.91 Å². The summed E-state index contributed by atoms with van der Waals surface area (Å²) in [5, 5.41) is 1.00. The fourth-order valence-corrected chi connectivity index (χ4v) is 3.18. The Morgan fingerprint density at radius 3 is 2.86 bits per heavy atom. The summed E-state index contributed by atoms with van der Waals surface area (Å²) in [6, 6.07) is 9.95. The average molecular weight is 283 g/mol. The third kappa shape index (κ3) is 2.90. The van der Waals surface area contributed by atoms with Crippen LogP contribution in [0.2, 0.25) is 0 Å². The molecule has 1 fully saturated rings. The van der Waals surface area contributed by atoms with E-state index in [0.717, 1.165) is 29.3 Å². The van der Waals surface area contributed by atoms with Crippen LogP contribution in [0.25, 0.3) is 10.9 Å². The van der Waals surface area contributed by atoms with Gasteiger partial charge in [0, 0.05) is 36.3 Å². The summed E-state index contributed by atoms with van der Waals surface area (Å²) in [4.78, 5) is 19.1. The number of benzene rings is 1. The number of hydrogen-bond acceptors (Lipinski definition) is 3. The number of carbonyl (C=O) groups excluding carboxylic acids is 1. The quantitative estimate of drug-likeness (QED) is 0.938. The zero-order chi connectivity index (χ0) is 14.7. The Labute approximate surface area is 125 Å². The summed E-state index contributed by atoms with van der Waals surface area (Å²) in [5.74, 6) is 0.0955. The molecule has 21 heavy (non-hydrogen) atoms. The van der Waals surface area contributed by atoms with Gasteiger partial charge in [-0.25, -0.2) is 0 Å². The van der Waals surface area contributed by atoms with Crippen LogP contribution in [0, 0.1) is 0 Å². The molecule has 0 saturated heterocycles. The van der Waals surface area contributed by atoms with Gasteiger partial charge in [0.25, 0.3) is 5.91 Å². The van der Waals surface area contributed by atoms with Crippen LogP contribution in [0.15, 0.2) is 36.5 Å². The van der Waals surface area contributed by atoms with E-state index in [0.29, 0.717) is 19.1 Å². The van der Waals surface area contributed by atoms with E-state index in [1.54, 1.807) is 6.20 Å². The SMILES string of the molecule is NCCN(C(=O)c1ccc2ncccc2c1)C1CCCC1. The molecular formula is C17H21N3O. The molecule has 3 rings (SSSR count). The molecule has 1 saturated carbocycles. The summed E-state index contributed by atoms with van der Waals surface area (Å²) in [6.07, 6.45) is 6.38. The van der Waals surface area contributed by atoms with Crippen LogP contribution in [0.1, 0.15) is 36.0 Å². The van der Waals surface area contributed by atoms with Crippen molar-refractivity contribution in [3.63, 3.8) is 0 Å². The maximum atomic E-state index is 12.8. The van der Waals surface area contributed by atoms with Crippen LogP contribution < -0.4 is 5.73 Å². The normalized spacial score (nSPS) is 15.5. The molecule has 1 heterocycles. The van der Waals surface area contributed by atoms with Crippen molar-refractivity contribution in [1.29, 1.82) is 0 Å². The smallest absolute Gasteiger partial charge is 0.254 e. The Balaban J connectivity index is 1.89. The lowest BCUT2D eigenvalue weighted by atomic mass is 10.1. The molecule has 1 aliphatic carbocycles. The first kappa shape index (κ1) is 14.0. The molecule has 1 amide bonds. The van der Waals surface area contributed by atoms with Crippen LogP contribution >= 0.6 is 0 Å². The fraction of sp³-hybridized carbons (Fsp3) is 0.412. The van der Waals surface area contributed by atoms with Gasteiger partial charge in [0.2, 0.25) is 0 Å². The number of carbonyl (C=O) groups is 1. The maximum Gasteiger partial charge on any atom is 0.254 e. The van der Waals surface area contributed by atoms with E-state index < -0.39 is 0 Å². The summed E-state index contributed by atoms with van der Waals surface area (Å²) in [6.45, 7) is 1.14. The largest absolute Gasteiger partial charge is 0.334 e. The number of nitrogens with zero attached hydrogens (tertiary/aromatic N) is 2. The molecule has 0 aliphatic heterocycles. The van der Waals surface area contributed by atoms with Gasteiger partial charge in [-0.15, -0.1) is 0 Å². The first-order valence-corrected chi connectivity index (χ1v) is 7.65. The van der Waals surface area contributed by atoms with Crippen molar-refractivity contribution in [2.45, 2.75) is 31.7 Å². The predicted octanol–water partition coefficient (Wildman–Crippen LogP) is 2.58. The zero-order valence-electron chi connectivity index (χ0n) is 12.2. The lowest BCUT2D eigenvalue weighted by molar-refractivity contribution is 0.0688. The molecular weight excluding hydrogens is 262 g/mol. The zero-order valence-corrected chi connectivity index (χ0v) is 12.2. The molecule has 2 aromatic rings. The minimum Gasteiger partial charge on any atom is -0.334 e. The number of rotatable bonds is 4. The van der Waals surface area contributed by atoms with E-state index in [4.69, 9.17) is 5.73 Å². The van der Waals surface area contributed by atoms with E-state index in [1.165, 1.54) is 12.8 Å². The van der Waals surface area contributed by atoms with Gasteiger partial charge in [0.15, 0.2) is 0 Å². The Bertz CT molecular complexity index is 635. The van der Waals surface area contributed by atoms with Gasteiger partial charge in [0.1, 0.15) is 0 Å². The summed E-state index contributed by atoms with van der Waals surface area (Å²) in [7, 11) is 0. The molecule has 110 valence electrons. The molecule has 4 heteroatoms. The molecule has 1 aliphatic rings. The first-order valence-electron chi connectivity index (χ1n) is 7.65. The Hall–Kier alpha value is -1.94. The van der Waals surface area contributed by atoms with Gasteiger partial charge in [-0.05, 0) is 37.1 Å². The molecule has 0 unspecified atom stereocenters. The van der Waals surface area contributed by atoms with Gasteiger partial charge in [-0.1, -0.05) is 18.9 Å². The van der Waals surface area contributed by atoms with E-state index in [2.05, 4.69) is 4.98 Å². The number of aromatic nitrogens is 1. The third-order valence-corrected chi connectivity index (χ3v) is 4.25. The van der Waals surface area contributed by atoms with Gasteiger partial charge in [-0.3, -0.25) is 9.78 Å². The molecule has 0 atom stereocenters. The molecule has 1 aromatic heterocycles. The van der Waals surface area contributed by atoms with Crippen LogP contribution in [0.3, 0.4) is 0 Å². The van der Waals surface area contributed by atoms with E-state index in [1.807, 2.05) is 35.2 Å². The number of hydrogen-bond donors (Lipinski definition) is 1. The lowest BCUT2D eigenvalue weighted by Crippen LogP contribution is -2.41. The molecule has 0 radical (unpaired) electrons. The summed E-state index contributed by atoms with van der Waals surface area (Å²) >= 11 is 0. The molecule has 1 aromatic carbocycles. The fourth-order valence-electron chi connectivity index (χ4n) is 3.18. The van der Waals surface area contributed by atoms with Crippen molar-refractivity contribution in [3.05, 3.63) is 42.1 Å². The molecule has 0 bridgehead atoms. The van der Waals surface area contributed by atoms with Gasteiger partial charge < -0.3 is 10.6 Å². The highest BCUT2D eigenvalue weighted by atomic mass is 16.2. The van der Waals surface area contributed by atoms with Crippen LogP contribution in [-0.4, -0.2) is 34.9 Å². The summed E-state index contributed by atoms with van der Waals surface area (Å²) < 4.78 is 0. The Morgan fingerprint density at radius 1 is 1.29 bits per heavy atom. The van der Waals surface area contributed by atoms with Crippen molar-refractivity contribution in [2.24, 2.45) is 5.73 Å². The van der Waals surface area contributed by atoms with Gasteiger partial charge in [0.05, 0.1) is 5.52 Å². The van der Waals surface area contributed by atoms with Crippen molar-refractivity contribution < 1.29 is 4.79 Å². The number of amides is 1. The van der Waals surface area contributed by atoms with Crippen molar-refractivity contribution in [3.8, 4) is 0 Å². The second-order valence-electron chi connectivity index (χ2n) is 5.64. The standard InChI is InChI=1S/C17H21N3O/c18-9-11-20(15-5-1-2-6-15)17(21)14-7-8-16-13(12-14)4-3-10-19-16/h3-4,7-8,10,12,15H,1-2,5-6,9,11,18H2. The minimum atomic E-state index is 0.0955. The van der Waals surface area contributed by atoms with Crippen LogP contribution in [0.4, 0.5) is 0 Å². The molecule has 0 spiro atoms. The predicted molar refractivity (Wildman–Crippen MR) is 84.1 cm³/mol. The lowest BCUT2D eigenvalue weighted by Gasteiger charge is -2.28.